The maximum Gasteiger partial charge on any atom is 0.254 e. The van der Waals surface area contributed by atoms with Gasteiger partial charge in [0.2, 0.25) is 5.91 Å². The number of anilines is 1. The molecule has 196 valence electrons. The molecule has 9 nitrogen and oxygen atoms in total. The van der Waals surface area contributed by atoms with Crippen molar-refractivity contribution in [3.8, 4) is 11.5 Å². The van der Waals surface area contributed by atoms with Gasteiger partial charge in [0.1, 0.15) is 17.3 Å². The van der Waals surface area contributed by atoms with Gasteiger partial charge in [-0.05, 0) is 48.6 Å². The second-order valence-electron chi connectivity index (χ2n) is 10.4. The summed E-state index contributed by atoms with van der Waals surface area (Å²) in [5.41, 5.74) is 2.59. The summed E-state index contributed by atoms with van der Waals surface area (Å²) in [5, 5.41) is 22.3. The van der Waals surface area contributed by atoms with Crippen molar-refractivity contribution in [2.75, 3.05) is 31.6 Å². The molecule has 2 aromatic rings. The van der Waals surface area contributed by atoms with Crippen LogP contribution in [0.4, 0.5) is 5.69 Å². The van der Waals surface area contributed by atoms with Crippen LogP contribution < -0.4 is 15.0 Å². The number of nitrogens with one attached hydrogen (secondary N) is 2. The Kier molecular flexibility index (Phi) is 6.99. The minimum atomic E-state index is -0.458. The van der Waals surface area contributed by atoms with E-state index in [1.54, 1.807) is 34.1 Å². The molecule has 1 saturated heterocycles. The monoisotopic (exact) mass is 506 g/mol. The van der Waals surface area contributed by atoms with Gasteiger partial charge in [-0.3, -0.25) is 19.8 Å². The molecule has 0 spiro atoms. The van der Waals surface area contributed by atoms with Crippen molar-refractivity contribution in [2.24, 2.45) is 0 Å². The van der Waals surface area contributed by atoms with Crippen LogP contribution in [0.2, 0.25) is 0 Å². The number of carbonyl (C=O) groups excluding carboxylic acids is 3. The minimum Gasteiger partial charge on any atom is -0.505 e. The van der Waals surface area contributed by atoms with E-state index in [0.29, 0.717) is 66.2 Å². The Morgan fingerprint density at radius 3 is 2.51 bits per heavy atom. The molecule has 2 amide bonds. The zero-order valence-electron chi connectivity index (χ0n) is 22.0. The van der Waals surface area contributed by atoms with Gasteiger partial charge in [0, 0.05) is 43.2 Å². The van der Waals surface area contributed by atoms with Gasteiger partial charge in [0.05, 0.1) is 24.4 Å². The number of amides is 2. The van der Waals surface area contributed by atoms with Crippen molar-refractivity contribution >= 4 is 29.1 Å². The molecule has 0 aromatic heterocycles. The summed E-state index contributed by atoms with van der Waals surface area (Å²) < 4.78 is 5.66. The number of hydrogen-bond acceptors (Lipinski definition) is 6. The molecular weight excluding hydrogens is 472 g/mol. The number of phenolic OH excluding ortho intramolecular Hbond substituents is 1. The Bertz CT molecular complexity index is 1290. The highest BCUT2D eigenvalue weighted by molar-refractivity contribution is 6.08. The van der Waals surface area contributed by atoms with Gasteiger partial charge in [0.15, 0.2) is 5.78 Å². The van der Waals surface area contributed by atoms with Crippen molar-refractivity contribution in [1.82, 2.24) is 10.2 Å². The van der Waals surface area contributed by atoms with Gasteiger partial charge in [0.25, 0.3) is 5.91 Å². The quantitative estimate of drug-likeness (QED) is 0.493. The van der Waals surface area contributed by atoms with Gasteiger partial charge in [-0.2, -0.15) is 0 Å². The third-order valence-corrected chi connectivity index (χ3v) is 6.83. The van der Waals surface area contributed by atoms with Crippen molar-refractivity contribution < 1.29 is 24.2 Å². The summed E-state index contributed by atoms with van der Waals surface area (Å²) in [4.78, 5) is 41.5. The van der Waals surface area contributed by atoms with Crippen LogP contribution in [0, 0.1) is 5.41 Å². The van der Waals surface area contributed by atoms with Crippen LogP contribution >= 0.6 is 0 Å². The van der Waals surface area contributed by atoms with Crippen molar-refractivity contribution in [3.63, 3.8) is 0 Å². The standard InChI is InChI=1S/C28H34N4O5/c1-6-37-23-12-17-14-31(26(29)18(17)13-19(23)27(36)30-5)15-22(33)16-10-20(28(2,3)4)25(35)21(11-16)32-9-7-8-24(32)34/h10-13,29,35H,6-9,14-15H2,1-5H3,(H,30,36). The fraction of sp³-hybridized carbons (Fsp3) is 0.429. The number of Topliss-reactive ketones (excluding diaryl/α,β-unsaturated/α-hetero) is 1. The maximum atomic E-state index is 13.5. The summed E-state index contributed by atoms with van der Waals surface area (Å²) in [6.45, 7) is 8.82. The number of fused-ring (bicyclic) bond motifs is 1. The number of carbonyl (C=O) groups is 3. The van der Waals surface area contributed by atoms with Crippen molar-refractivity contribution in [3.05, 3.63) is 52.1 Å². The van der Waals surface area contributed by atoms with E-state index in [1.807, 2.05) is 27.7 Å². The Morgan fingerprint density at radius 1 is 1.19 bits per heavy atom. The number of rotatable bonds is 7. The van der Waals surface area contributed by atoms with Gasteiger partial charge in [-0.1, -0.05) is 20.8 Å². The third-order valence-electron chi connectivity index (χ3n) is 6.83. The van der Waals surface area contributed by atoms with E-state index in [4.69, 9.17) is 10.1 Å². The number of hydrogen-bond donors (Lipinski definition) is 3. The summed E-state index contributed by atoms with van der Waals surface area (Å²) >= 11 is 0. The highest BCUT2D eigenvalue weighted by atomic mass is 16.5. The van der Waals surface area contributed by atoms with E-state index < -0.39 is 5.41 Å². The summed E-state index contributed by atoms with van der Waals surface area (Å²) in [5.74, 6) is -0.000552. The van der Waals surface area contributed by atoms with Crippen LogP contribution in [0.5, 0.6) is 11.5 Å². The molecule has 1 fully saturated rings. The fourth-order valence-electron chi connectivity index (χ4n) is 4.88. The Balaban J connectivity index is 1.65. The smallest absolute Gasteiger partial charge is 0.254 e. The predicted molar refractivity (Wildman–Crippen MR) is 141 cm³/mol. The maximum absolute atomic E-state index is 13.5. The zero-order valence-corrected chi connectivity index (χ0v) is 22.0. The predicted octanol–water partition coefficient (Wildman–Crippen LogP) is 3.60. The lowest BCUT2D eigenvalue weighted by Crippen LogP contribution is -2.31. The zero-order chi connectivity index (χ0) is 27.1. The highest BCUT2D eigenvalue weighted by Crippen LogP contribution is 2.41. The molecule has 0 aliphatic carbocycles. The van der Waals surface area contributed by atoms with E-state index in [1.165, 1.54) is 7.05 Å². The SMILES string of the molecule is CCOc1cc2c(cc1C(=O)NC)C(=N)N(CC(=O)c1cc(N3CCCC3=O)c(O)c(C(C)(C)C)c1)C2. The van der Waals surface area contributed by atoms with E-state index in [2.05, 4.69) is 5.32 Å². The average molecular weight is 507 g/mol. The van der Waals surface area contributed by atoms with Gasteiger partial charge >= 0.3 is 0 Å². The van der Waals surface area contributed by atoms with Crippen LogP contribution in [0.3, 0.4) is 0 Å². The molecule has 2 heterocycles. The number of ketones is 1. The lowest BCUT2D eigenvalue weighted by Gasteiger charge is -2.26. The number of ether oxygens (including phenoxy) is 1. The Labute approximate surface area is 216 Å². The third kappa shape index (κ3) is 4.90. The Hall–Kier alpha value is -3.88. The molecule has 0 radical (unpaired) electrons. The molecule has 0 atom stereocenters. The van der Waals surface area contributed by atoms with Crippen LogP contribution in [-0.4, -0.2) is 60.2 Å². The molecule has 4 rings (SSSR count). The molecule has 9 heteroatoms. The van der Waals surface area contributed by atoms with Crippen molar-refractivity contribution in [1.29, 1.82) is 5.41 Å². The van der Waals surface area contributed by atoms with Crippen LogP contribution in [0.25, 0.3) is 0 Å². The van der Waals surface area contributed by atoms with Crippen molar-refractivity contribution in [2.45, 2.75) is 52.5 Å². The lowest BCUT2D eigenvalue weighted by atomic mass is 9.84. The molecule has 2 aliphatic rings. The highest BCUT2D eigenvalue weighted by Gasteiger charge is 2.32. The number of aromatic hydroxyl groups is 1. The second-order valence-corrected chi connectivity index (χ2v) is 10.4. The van der Waals surface area contributed by atoms with Gasteiger partial charge < -0.3 is 25.0 Å². The van der Waals surface area contributed by atoms with Gasteiger partial charge in [-0.25, -0.2) is 0 Å². The summed E-state index contributed by atoms with van der Waals surface area (Å²) in [6, 6.07) is 6.67. The Morgan fingerprint density at radius 2 is 1.92 bits per heavy atom. The first-order chi connectivity index (χ1) is 17.5. The molecule has 0 unspecified atom stereocenters. The first-order valence-electron chi connectivity index (χ1n) is 12.5. The minimum absolute atomic E-state index is 0.0193. The summed E-state index contributed by atoms with van der Waals surface area (Å²) in [6.07, 6.45) is 1.11. The van der Waals surface area contributed by atoms with Crippen LogP contribution in [-0.2, 0) is 16.8 Å². The number of nitrogens with zero attached hydrogens (tertiary/aromatic N) is 2. The molecule has 37 heavy (non-hydrogen) atoms. The average Bonchev–Trinajstić information content (AvgIpc) is 3.40. The molecule has 2 aromatic carbocycles. The van der Waals surface area contributed by atoms with E-state index in [-0.39, 0.29) is 35.7 Å². The van der Waals surface area contributed by atoms with E-state index in [0.717, 1.165) is 5.56 Å². The lowest BCUT2D eigenvalue weighted by molar-refractivity contribution is -0.117. The van der Waals surface area contributed by atoms with Gasteiger partial charge in [-0.15, -0.1) is 0 Å². The number of benzene rings is 2. The largest absolute Gasteiger partial charge is 0.505 e. The second kappa shape index (κ2) is 9.88. The first-order valence-corrected chi connectivity index (χ1v) is 12.5. The fourth-order valence-corrected chi connectivity index (χ4v) is 4.88. The normalized spacial score (nSPS) is 15.3. The molecule has 3 N–H and O–H groups in total. The first kappa shape index (κ1) is 26.2. The molecule has 0 bridgehead atoms. The molecule has 0 saturated carbocycles. The summed E-state index contributed by atoms with van der Waals surface area (Å²) in [7, 11) is 1.54. The number of amidine groups is 1. The topological polar surface area (TPSA) is 123 Å². The number of phenols is 1. The van der Waals surface area contributed by atoms with E-state index >= 15 is 0 Å². The van der Waals surface area contributed by atoms with Crippen LogP contribution in [0.15, 0.2) is 24.3 Å². The molecular formula is C28H34N4O5. The van der Waals surface area contributed by atoms with E-state index in [9.17, 15) is 19.5 Å². The van der Waals surface area contributed by atoms with Crippen LogP contribution in [0.1, 0.15) is 77.9 Å². The molecule has 2 aliphatic heterocycles.